The van der Waals surface area contributed by atoms with Gasteiger partial charge in [-0.25, -0.2) is 0 Å². The van der Waals surface area contributed by atoms with Gasteiger partial charge in [0.2, 0.25) is 5.91 Å². The van der Waals surface area contributed by atoms with Crippen molar-refractivity contribution in [3.63, 3.8) is 0 Å². The van der Waals surface area contributed by atoms with Crippen LogP contribution >= 0.6 is 15.9 Å². The summed E-state index contributed by atoms with van der Waals surface area (Å²) in [5.74, 6) is -2.96. The van der Waals surface area contributed by atoms with Crippen LogP contribution in [0.2, 0.25) is 0 Å². The molecular weight excluding hydrogens is 576 g/mol. The number of halogens is 1. The van der Waals surface area contributed by atoms with Crippen molar-refractivity contribution in [1.82, 2.24) is 4.90 Å². The Morgan fingerprint density at radius 2 is 2.00 bits per heavy atom. The lowest BCUT2D eigenvalue weighted by Crippen LogP contribution is -2.59. The molecule has 1 spiro atoms. The lowest BCUT2D eigenvalue weighted by Gasteiger charge is -2.39. The maximum absolute atomic E-state index is 14.7. The van der Waals surface area contributed by atoms with Crippen LogP contribution in [0, 0.1) is 11.8 Å². The fourth-order valence-electron chi connectivity index (χ4n) is 6.71. The number of carbonyl (C=O) groups is 3. The predicted octanol–water partition coefficient (Wildman–Crippen LogP) is 4.00. The number of carbonyl (C=O) groups excluding carboxylic acids is 3. The summed E-state index contributed by atoms with van der Waals surface area (Å²) >= 11 is 3.68. The van der Waals surface area contributed by atoms with Crippen molar-refractivity contribution in [2.75, 3.05) is 24.7 Å². The molecule has 3 unspecified atom stereocenters. The number of rotatable bonds is 11. The fraction of sp³-hybridized carbons (Fsp3) is 0.452. The van der Waals surface area contributed by atoms with Gasteiger partial charge in [-0.3, -0.25) is 14.4 Å². The van der Waals surface area contributed by atoms with E-state index < -0.39 is 41.6 Å². The van der Waals surface area contributed by atoms with Gasteiger partial charge in [0.15, 0.2) is 0 Å². The van der Waals surface area contributed by atoms with Gasteiger partial charge in [-0.1, -0.05) is 65.3 Å². The number of esters is 1. The predicted molar refractivity (Wildman–Crippen MR) is 156 cm³/mol. The standard InChI is InChI=1S/C31H35BrN2O6/c1-4-7-15-39-30(38)24-25-28(36)34(21(6-3)18-35)27(31(25)17-23(32)26(24)40-31)29(37)33(14-5-2)22-13-12-19-10-8-9-11-20(19)16-22/h4-5,8-13,16,21,23-27,35H,1-2,6-7,14-15,17-18H2,3H3/t21-,23?,24-,25-,26-,27?,31?/m0/s1. The normalized spacial score (nSPS) is 29.3. The quantitative estimate of drug-likeness (QED) is 0.179. The molecule has 7 atom stereocenters. The van der Waals surface area contributed by atoms with Gasteiger partial charge in [0.1, 0.15) is 11.6 Å². The summed E-state index contributed by atoms with van der Waals surface area (Å²) in [6, 6.07) is 12.0. The fourth-order valence-corrected chi connectivity index (χ4v) is 7.65. The number of hydrogen-bond acceptors (Lipinski definition) is 6. The molecule has 0 radical (unpaired) electrons. The van der Waals surface area contributed by atoms with Crippen molar-refractivity contribution in [2.45, 2.75) is 54.8 Å². The Morgan fingerprint density at radius 3 is 2.67 bits per heavy atom. The van der Waals surface area contributed by atoms with E-state index in [1.165, 1.54) is 4.90 Å². The Labute approximate surface area is 242 Å². The van der Waals surface area contributed by atoms with E-state index in [0.717, 1.165) is 10.8 Å². The Hall–Kier alpha value is -3.01. The minimum atomic E-state index is -1.24. The van der Waals surface area contributed by atoms with Gasteiger partial charge in [0.25, 0.3) is 5.91 Å². The molecule has 3 aliphatic rings. The highest BCUT2D eigenvalue weighted by Gasteiger charge is 2.77. The lowest BCUT2D eigenvalue weighted by atomic mass is 9.70. The highest BCUT2D eigenvalue weighted by Crippen LogP contribution is 2.61. The van der Waals surface area contributed by atoms with Gasteiger partial charge in [-0.05, 0) is 42.2 Å². The number of aliphatic hydroxyl groups excluding tert-OH is 1. The largest absolute Gasteiger partial charge is 0.465 e. The second-order valence-corrected chi connectivity index (χ2v) is 11.8. The zero-order valence-electron chi connectivity index (χ0n) is 22.6. The zero-order valence-corrected chi connectivity index (χ0v) is 24.2. The van der Waals surface area contributed by atoms with Crippen LogP contribution in [-0.2, 0) is 23.9 Å². The zero-order chi connectivity index (χ0) is 28.6. The van der Waals surface area contributed by atoms with Crippen LogP contribution in [0.4, 0.5) is 5.69 Å². The summed E-state index contributed by atoms with van der Waals surface area (Å²) in [5, 5.41) is 12.3. The first kappa shape index (κ1) is 28.5. The molecule has 0 aromatic heterocycles. The van der Waals surface area contributed by atoms with E-state index >= 15 is 0 Å². The van der Waals surface area contributed by atoms with Gasteiger partial charge in [0, 0.05) is 17.1 Å². The first-order chi connectivity index (χ1) is 19.3. The summed E-state index contributed by atoms with van der Waals surface area (Å²) in [7, 11) is 0. The van der Waals surface area contributed by atoms with Crippen molar-refractivity contribution in [3.05, 3.63) is 67.8 Å². The highest BCUT2D eigenvalue weighted by molar-refractivity contribution is 9.09. The number of benzene rings is 2. The summed E-state index contributed by atoms with van der Waals surface area (Å²) in [6.07, 6.45) is 3.99. The van der Waals surface area contributed by atoms with Crippen molar-refractivity contribution in [1.29, 1.82) is 0 Å². The number of anilines is 1. The third-order valence-electron chi connectivity index (χ3n) is 8.50. The third kappa shape index (κ3) is 4.48. The minimum absolute atomic E-state index is 0.155. The summed E-state index contributed by atoms with van der Waals surface area (Å²) < 4.78 is 12.1. The maximum atomic E-state index is 14.7. The van der Waals surface area contributed by atoms with Crippen LogP contribution in [0.15, 0.2) is 67.8 Å². The van der Waals surface area contributed by atoms with Crippen LogP contribution in [0.3, 0.4) is 0 Å². The molecule has 2 bridgehead atoms. The first-order valence-electron chi connectivity index (χ1n) is 13.8. The second-order valence-electron chi connectivity index (χ2n) is 10.7. The smallest absolute Gasteiger partial charge is 0.312 e. The second kappa shape index (κ2) is 11.5. The summed E-state index contributed by atoms with van der Waals surface area (Å²) in [4.78, 5) is 45.0. The van der Waals surface area contributed by atoms with E-state index in [0.29, 0.717) is 24.9 Å². The number of likely N-dealkylation sites (tertiary alicyclic amines) is 1. The van der Waals surface area contributed by atoms with Gasteiger partial charge in [0.05, 0.1) is 37.2 Å². The molecule has 8 nitrogen and oxygen atoms in total. The molecule has 3 heterocycles. The number of hydrogen-bond donors (Lipinski definition) is 1. The van der Waals surface area contributed by atoms with Crippen LogP contribution < -0.4 is 4.90 Å². The Bertz CT molecular complexity index is 1330. The molecule has 0 aliphatic carbocycles. The van der Waals surface area contributed by atoms with Crippen LogP contribution in [0.1, 0.15) is 26.2 Å². The van der Waals surface area contributed by atoms with E-state index in [1.807, 2.05) is 49.4 Å². The van der Waals surface area contributed by atoms with Gasteiger partial charge in [-0.15, -0.1) is 13.2 Å². The monoisotopic (exact) mass is 610 g/mol. The topological polar surface area (TPSA) is 96.4 Å². The highest BCUT2D eigenvalue weighted by atomic mass is 79.9. The van der Waals surface area contributed by atoms with Crippen molar-refractivity contribution in [2.24, 2.45) is 11.8 Å². The molecular formula is C31H35BrN2O6. The molecule has 3 fully saturated rings. The average Bonchev–Trinajstić information content (AvgIpc) is 3.55. The van der Waals surface area contributed by atoms with E-state index in [2.05, 4.69) is 29.1 Å². The number of aliphatic hydroxyl groups is 1. The molecule has 2 aromatic carbocycles. The molecule has 1 N–H and O–H groups in total. The molecule has 3 saturated heterocycles. The molecule has 0 saturated carbocycles. The third-order valence-corrected chi connectivity index (χ3v) is 9.34. The average molecular weight is 612 g/mol. The van der Waals surface area contributed by atoms with Gasteiger partial charge < -0.3 is 24.4 Å². The maximum Gasteiger partial charge on any atom is 0.312 e. The van der Waals surface area contributed by atoms with Crippen molar-refractivity contribution in [3.8, 4) is 0 Å². The Kier molecular flexibility index (Phi) is 8.17. The number of fused-ring (bicyclic) bond motifs is 2. The summed E-state index contributed by atoms with van der Waals surface area (Å²) in [5.41, 5.74) is -0.579. The number of nitrogens with zero attached hydrogens (tertiary/aromatic N) is 2. The molecule has 3 aliphatic heterocycles. The van der Waals surface area contributed by atoms with Crippen LogP contribution in [0.5, 0.6) is 0 Å². The van der Waals surface area contributed by atoms with Gasteiger partial charge in [-0.2, -0.15) is 0 Å². The van der Waals surface area contributed by atoms with E-state index in [1.54, 1.807) is 17.1 Å². The van der Waals surface area contributed by atoms with Crippen LogP contribution in [-0.4, -0.2) is 76.2 Å². The molecule has 2 aromatic rings. The first-order valence-corrected chi connectivity index (χ1v) is 14.7. The van der Waals surface area contributed by atoms with Crippen molar-refractivity contribution >= 4 is 50.2 Å². The Morgan fingerprint density at radius 1 is 1.25 bits per heavy atom. The lowest BCUT2D eigenvalue weighted by molar-refractivity contribution is -0.155. The number of ether oxygens (including phenoxy) is 2. The SMILES string of the molecule is C=CCCOC(=O)[C@H]1[C@H]2C(=O)N([C@@H](CC)CO)C(C(=O)N(CC=C)c3ccc4ccccc4c3)C23CC(Br)[C@@H]1O3. The van der Waals surface area contributed by atoms with E-state index in [-0.39, 0.29) is 36.4 Å². The number of alkyl halides is 1. The van der Waals surface area contributed by atoms with E-state index in [9.17, 15) is 19.5 Å². The molecule has 5 rings (SSSR count). The molecule has 212 valence electrons. The minimum Gasteiger partial charge on any atom is -0.465 e. The molecule has 40 heavy (non-hydrogen) atoms. The van der Waals surface area contributed by atoms with Gasteiger partial charge >= 0.3 is 5.97 Å². The Balaban J connectivity index is 1.59. The van der Waals surface area contributed by atoms with Crippen LogP contribution in [0.25, 0.3) is 10.8 Å². The van der Waals surface area contributed by atoms with Crippen molar-refractivity contribution < 1.29 is 29.0 Å². The number of amides is 2. The van der Waals surface area contributed by atoms with E-state index in [4.69, 9.17) is 9.47 Å². The summed E-state index contributed by atoms with van der Waals surface area (Å²) in [6.45, 7) is 9.44. The molecule has 9 heteroatoms. The molecule has 2 amide bonds.